The first kappa shape index (κ1) is 28.7. The molecule has 0 fully saturated rings. The zero-order chi connectivity index (χ0) is 30.6. The summed E-state index contributed by atoms with van der Waals surface area (Å²) in [5, 5.41) is 13.4. The van der Waals surface area contributed by atoms with Gasteiger partial charge in [-0.1, -0.05) is 13.0 Å². The lowest BCUT2D eigenvalue weighted by Gasteiger charge is -2.08. The normalized spacial score (nSPS) is 12.5. The van der Waals surface area contributed by atoms with Crippen molar-refractivity contribution >= 4 is 30.8 Å². The molecule has 3 heterocycles. The summed E-state index contributed by atoms with van der Waals surface area (Å²) in [5.74, 6) is -0.970. The maximum absolute atomic E-state index is 13.2. The van der Waals surface area contributed by atoms with Gasteiger partial charge in [-0.2, -0.15) is 28.2 Å². The van der Waals surface area contributed by atoms with Crippen LogP contribution >= 0.6 is 0 Å². The number of hydrogen-bond donors (Lipinski definition) is 0. The Labute approximate surface area is 235 Å². The van der Waals surface area contributed by atoms with E-state index in [0.29, 0.717) is 28.9 Å². The van der Waals surface area contributed by atoms with Gasteiger partial charge in [0.15, 0.2) is 21.2 Å². The Bertz CT molecular complexity index is 2210. The minimum absolute atomic E-state index is 0.146. The van der Waals surface area contributed by atoms with Gasteiger partial charge in [-0.15, -0.1) is 0 Å². The van der Waals surface area contributed by atoms with Crippen LogP contribution in [0.1, 0.15) is 18.1 Å². The van der Waals surface area contributed by atoms with E-state index in [-0.39, 0.29) is 33.3 Å². The number of hydrogen-bond acceptors (Lipinski definition) is 10. The molecule has 42 heavy (non-hydrogen) atoms. The number of nitriles is 1. The Balaban J connectivity index is 1.67. The molecule has 0 aliphatic rings. The lowest BCUT2D eigenvalue weighted by molar-refractivity contribution is -0.0436. The number of aryl methyl sites for hydroxylation is 1. The van der Waals surface area contributed by atoms with Crippen molar-refractivity contribution in [2.45, 2.75) is 29.1 Å². The highest BCUT2D eigenvalue weighted by Gasteiger charge is 2.47. The molecule has 0 N–H and O–H groups in total. The number of pyridine rings is 1. The molecule has 0 unspecified atom stereocenters. The predicted molar refractivity (Wildman–Crippen MR) is 140 cm³/mol. The number of alkyl halides is 3. The van der Waals surface area contributed by atoms with Crippen molar-refractivity contribution in [2.75, 3.05) is 5.75 Å². The van der Waals surface area contributed by atoms with Crippen LogP contribution in [0.15, 0.2) is 73.9 Å². The van der Waals surface area contributed by atoms with Gasteiger partial charge in [-0.25, -0.2) is 36.2 Å². The Morgan fingerprint density at radius 3 is 2.43 bits per heavy atom. The van der Waals surface area contributed by atoms with Crippen LogP contribution in [0.25, 0.3) is 34.2 Å². The summed E-state index contributed by atoms with van der Waals surface area (Å²) in [7, 11) is -9.67. The fraction of sp³-hybridized carbons (Fsp3) is 0.160. The third kappa shape index (κ3) is 4.73. The second-order valence-corrected chi connectivity index (χ2v) is 13.0. The SMILES string of the molecule is CCS(=O)(=O)c1ccc(-n2ncn(-c3ccc(C)c(C#N)c3)c2=O)nc1-c1nc2cc(S(=O)(=O)C(F)(F)F)ccc2o1. The molecule has 2 aromatic carbocycles. The summed E-state index contributed by atoms with van der Waals surface area (Å²) in [4.78, 5) is 20.1. The molecule has 0 radical (unpaired) electrons. The lowest BCUT2D eigenvalue weighted by Crippen LogP contribution is -2.23. The van der Waals surface area contributed by atoms with Crippen LogP contribution in [0.2, 0.25) is 0 Å². The van der Waals surface area contributed by atoms with Gasteiger partial charge in [0.25, 0.3) is 9.84 Å². The molecule has 0 aliphatic heterocycles. The van der Waals surface area contributed by atoms with Gasteiger partial charge in [0.05, 0.1) is 32.9 Å². The van der Waals surface area contributed by atoms with E-state index < -0.39 is 41.7 Å². The first-order valence-electron chi connectivity index (χ1n) is 11.8. The maximum Gasteiger partial charge on any atom is 0.501 e. The number of halogens is 3. The smallest absolute Gasteiger partial charge is 0.435 e. The molecular formula is C25H17F3N6O6S2. The van der Waals surface area contributed by atoms with E-state index in [1.807, 2.05) is 6.07 Å². The van der Waals surface area contributed by atoms with Crippen LogP contribution in [0.5, 0.6) is 0 Å². The second kappa shape index (κ2) is 9.92. The third-order valence-electron chi connectivity index (χ3n) is 6.24. The van der Waals surface area contributed by atoms with Crippen LogP contribution in [-0.2, 0) is 19.7 Å². The number of nitrogens with zero attached hydrogens (tertiary/aromatic N) is 6. The van der Waals surface area contributed by atoms with Crippen molar-refractivity contribution < 1.29 is 34.4 Å². The van der Waals surface area contributed by atoms with Crippen LogP contribution < -0.4 is 5.69 Å². The van der Waals surface area contributed by atoms with E-state index in [9.17, 15) is 40.1 Å². The summed E-state index contributed by atoms with van der Waals surface area (Å²) in [5.41, 5.74) is -5.74. The first-order chi connectivity index (χ1) is 19.7. The lowest BCUT2D eigenvalue weighted by atomic mass is 10.1. The molecular weight excluding hydrogens is 601 g/mol. The fourth-order valence-corrected chi connectivity index (χ4v) is 5.74. The summed E-state index contributed by atoms with van der Waals surface area (Å²) < 4.78 is 96.2. The van der Waals surface area contributed by atoms with Gasteiger partial charge in [-0.3, -0.25) is 0 Å². The topological polar surface area (TPSA) is 171 Å². The van der Waals surface area contributed by atoms with Gasteiger partial charge < -0.3 is 4.42 Å². The van der Waals surface area contributed by atoms with Gasteiger partial charge in [0.1, 0.15) is 17.5 Å². The minimum Gasteiger partial charge on any atom is -0.435 e. The van der Waals surface area contributed by atoms with Crippen molar-refractivity contribution in [3.05, 3.63) is 76.5 Å². The van der Waals surface area contributed by atoms with Crippen molar-refractivity contribution in [2.24, 2.45) is 0 Å². The van der Waals surface area contributed by atoms with Gasteiger partial charge in [-0.05, 0) is 55.0 Å². The van der Waals surface area contributed by atoms with Crippen LogP contribution in [-0.4, -0.2) is 52.4 Å². The van der Waals surface area contributed by atoms with E-state index in [0.717, 1.165) is 21.4 Å². The third-order valence-corrected chi connectivity index (χ3v) is 9.49. The minimum atomic E-state index is -5.69. The molecule has 0 bridgehead atoms. The van der Waals surface area contributed by atoms with Crippen molar-refractivity contribution in [1.29, 1.82) is 5.26 Å². The molecule has 12 nitrogen and oxygen atoms in total. The number of aromatic nitrogens is 5. The molecule has 0 saturated heterocycles. The molecule has 0 amide bonds. The van der Waals surface area contributed by atoms with Crippen molar-refractivity contribution in [3.63, 3.8) is 0 Å². The Morgan fingerprint density at radius 2 is 1.76 bits per heavy atom. The number of benzene rings is 2. The van der Waals surface area contributed by atoms with Gasteiger partial charge >= 0.3 is 11.2 Å². The Hall–Kier alpha value is -4.82. The first-order valence-corrected chi connectivity index (χ1v) is 15.0. The van der Waals surface area contributed by atoms with Crippen LogP contribution in [0.4, 0.5) is 13.2 Å². The number of fused-ring (bicyclic) bond motifs is 1. The van der Waals surface area contributed by atoms with E-state index in [1.165, 1.54) is 25.4 Å². The largest absolute Gasteiger partial charge is 0.501 e. The fourth-order valence-electron chi connectivity index (χ4n) is 3.94. The zero-order valence-corrected chi connectivity index (χ0v) is 23.1. The average Bonchev–Trinajstić information content (AvgIpc) is 3.55. The zero-order valence-electron chi connectivity index (χ0n) is 21.5. The van der Waals surface area contributed by atoms with Gasteiger partial charge in [0.2, 0.25) is 5.89 Å². The van der Waals surface area contributed by atoms with E-state index in [4.69, 9.17) is 4.42 Å². The van der Waals surface area contributed by atoms with Crippen LogP contribution in [0.3, 0.4) is 0 Å². The summed E-state index contributed by atoms with van der Waals surface area (Å²) in [6.07, 6.45) is 1.17. The molecule has 5 rings (SSSR count). The molecule has 5 aromatic rings. The molecule has 3 aromatic heterocycles. The van der Waals surface area contributed by atoms with Crippen molar-refractivity contribution in [3.8, 4) is 29.2 Å². The number of oxazole rings is 1. The molecule has 0 saturated carbocycles. The molecule has 216 valence electrons. The van der Waals surface area contributed by atoms with Crippen LogP contribution in [0, 0.1) is 18.3 Å². The predicted octanol–water partition coefficient (Wildman–Crippen LogP) is 3.49. The van der Waals surface area contributed by atoms with E-state index in [2.05, 4.69) is 15.1 Å². The molecule has 0 aliphatic carbocycles. The Kier molecular flexibility index (Phi) is 6.78. The highest BCUT2D eigenvalue weighted by molar-refractivity contribution is 7.92. The monoisotopic (exact) mass is 618 g/mol. The number of sulfone groups is 2. The standard InChI is InChI=1S/C25H17F3N6O6S2/c1-3-41(36,37)20-8-9-21(34-24(35)33(13-30-34)16-5-4-14(2)15(10-16)12-29)32-22(20)23-31-18-11-17(6-7-19(18)40-23)42(38,39)25(26,27)28/h4-11,13H,3H2,1-2H3. The quantitative estimate of drug-likeness (QED) is 0.274. The molecule has 0 spiro atoms. The maximum atomic E-state index is 13.2. The molecule has 17 heteroatoms. The summed E-state index contributed by atoms with van der Waals surface area (Å²) in [6, 6.07) is 11.4. The highest BCUT2D eigenvalue weighted by atomic mass is 32.2. The molecule has 0 atom stereocenters. The number of rotatable bonds is 6. The van der Waals surface area contributed by atoms with E-state index >= 15 is 0 Å². The second-order valence-electron chi connectivity index (χ2n) is 8.82. The Morgan fingerprint density at radius 1 is 1.02 bits per heavy atom. The van der Waals surface area contributed by atoms with E-state index in [1.54, 1.807) is 19.1 Å². The van der Waals surface area contributed by atoms with Crippen molar-refractivity contribution in [1.82, 2.24) is 24.3 Å². The summed E-state index contributed by atoms with van der Waals surface area (Å²) >= 11 is 0. The summed E-state index contributed by atoms with van der Waals surface area (Å²) in [6.45, 7) is 3.10. The average molecular weight is 619 g/mol. The van der Waals surface area contributed by atoms with Gasteiger partial charge in [0, 0.05) is 0 Å². The highest BCUT2D eigenvalue weighted by Crippen LogP contribution is 2.34.